The van der Waals surface area contributed by atoms with Gasteiger partial charge in [0, 0.05) is 19.5 Å². The molecule has 1 saturated carbocycles. The average molecular weight is 421 g/mol. The summed E-state index contributed by atoms with van der Waals surface area (Å²) >= 11 is 12.1. The highest BCUT2D eigenvalue weighted by atomic mass is 35.5. The predicted molar refractivity (Wildman–Crippen MR) is 107 cm³/mol. The van der Waals surface area contributed by atoms with Gasteiger partial charge in [0.25, 0.3) is 0 Å². The maximum Gasteiger partial charge on any atom is 0.232 e. The van der Waals surface area contributed by atoms with Crippen LogP contribution in [0.2, 0.25) is 10.0 Å². The molecule has 0 aromatic heterocycles. The molecule has 0 bridgehead atoms. The zero-order valence-corrected chi connectivity index (χ0v) is 17.3. The Bertz CT molecular complexity index is 719. The number of sulfonamides is 1. The minimum Gasteiger partial charge on any atom is -0.356 e. The zero-order chi connectivity index (χ0) is 19.2. The number of rotatable bonds is 8. The van der Waals surface area contributed by atoms with Gasteiger partial charge in [-0.15, -0.1) is 0 Å². The number of nitrogens with zero attached hydrogens (tertiary/aromatic N) is 1. The molecule has 0 unspecified atom stereocenters. The molecule has 1 N–H and O–H groups in total. The van der Waals surface area contributed by atoms with Crippen molar-refractivity contribution in [1.29, 1.82) is 0 Å². The van der Waals surface area contributed by atoms with Crippen LogP contribution < -0.4 is 9.62 Å². The van der Waals surface area contributed by atoms with Crippen molar-refractivity contribution in [3.8, 4) is 0 Å². The van der Waals surface area contributed by atoms with Crippen LogP contribution in [-0.2, 0) is 14.8 Å². The first-order chi connectivity index (χ1) is 12.3. The fraction of sp³-hybridized carbons (Fsp3) is 0.611. The van der Waals surface area contributed by atoms with Crippen LogP contribution in [0.15, 0.2) is 18.2 Å². The predicted octanol–water partition coefficient (Wildman–Crippen LogP) is 4.24. The second-order valence-corrected chi connectivity index (χ2v) is 9.51. The highest BCUT2D eigenvalue weighted by molar-refractivity contribution is 7.92. The summed E-state index contributed by atoms with van der Waals surface area (Å²) in [7, 11) is -3.53. The first-order valence-electron chi connectivity index (χ1n) is 8.97. The summed E-state index contributed by atoms with van der Waals surface area (Å²) in [6.45, 7) is 0.893. The molecule has 1 amide bonds. The number of halogens is 2. The third-order valence-electron chi connectivity index (χ3n) is 4.68. The Balaban J connectivity index is 1.87. The van der Waals surface area contributed by atoms with Gasteiger partial charge in [-0.05, 0) is 37.3 Å². The second kappa shape index (κ2) is 9.81. The molecule has 8 heteroatoms. The normalized spacial score (nSPS) is 15.7. The zero-order valence-electron chi connectivity index (χ0n) is 15.0. The molecule has 5 nitrogen and oxygen atoms in total. The van der Waals surface area contributed by atoms with Gasteiger partial charge in [0.1, 0.15) is 0 Å². The van der Waals surface area contributed by atoms with Crippen LogP contribution in [0.1, 0.15) is 44.9 Å². The van der Waals surface area contributed by atoms with Crippen molar-refractivity contribution in [3.63, 3.8) is 0 Å². The van der Waals surface area contributed by atoms with Gasteiger partial charge in [-0.1, -0.05) is 48.5 Å². The number of hydrogen-bond acceptors (Lipinski definition) is 3. The Morgan fingerprint density at radius 1 is 1.23 bits per heavy atom. The third-order valence-corrected chi connectivity index (χ3v) is 6.67. The number of benzene rings is 1. The molecule has 1 fully saturated rings. The number of nitrogens with one attached hydrogen (secondary N) is 1. The lowest BCUT2D eigenvalue weighted by Crippen LogP contribution is -2.33. The van der Waals surface area contributed by atoms with Gasteiger partial charge in [0.05, 0.1) is 22.0 Å². The van der Waals surface area contributed by atoms with Crippen LogP contribution in [-0.4, -0.2) is 33.7 Å². The van der Waals surface area contributed by atoms with E-state index in [1.165, 1.54) is 36.4 Å². The fourth-order valence-corrected chi connectivity index (χ4v) is 4.69. The molecule has 0 saturated heterocycles. The Morgan fingerprint density at radius 3 is 2.58 bits per heavy atom. The maximum absolute atomic E-state index is 12.1. The topological polar surface area (TPSA) is 66.5 Å². The second-order valence-electron chi connectivity index (χ2n) is 6.82. The van der Waals surface area contributed by atoms with Gasteiger partial charge >= 0.3 is 0 Å². The molecule has 0 heterocycles. The minimum atomic E-state index is -3.53. The van der Waals surface area contributed by atoms with E-state index in [9.17, 15) is 13.2 Å². The summed E-state index contributed by atoms with van der Waals surface area (Å²) in [5, 5.41) is 3.46. The Kier molecular flexibility index (Phi) is 8.05. The molecule has 1 aromatic rings. The smallest absolute Gasteiger partial charge is 0.232 e. The Hall–Kier alpha value is -0.980. The largest absolute Gasteiger partial charge is 0.356 e. The highest BCUT2D eigenvalue weighted by Gasteiger charge is 2.21. The quantitative estimate of drug-likeness (QED) is 0.683. The maximum atomic E-state index is 12.1. The van der Waals surface area contributed by atoms with E-state index in [2.05, 4.69) is 5.32 Å². The summed E-state index contributed by atoms with van der Waals surface area (Å²) in [5.41, 5.74) is 0.337. The lowest BCUT2D eigenvalue weighted by Gasteiger charge is -2.24. The molecule has 0 atom stereocenters. The summed E-state index contributed by atoms with van der Waals surface area (Å²) < 4.78 is 25.5. The van der Waals surface area contributed by atoms with E-state index in [1.807, 2.05) is 0 Å². The van der Waals surface area contributed by atoms with Gasteiger partial charge in [-0.3, -0.25) is 9.10 Å². The lowest BCUT2D eigenvalue weighted by atomic mass is 9.89. The van der Waals surface area contributed by atoms with E-state index < -0.39 is 10.0 Å². The number of hydrogen-bond donors (Lipinski definition) is 1. The van der Waals surface area contributed by atoms with Crippen molar-refractivity contribution >= 4 is 44.8 Å². The van der Waals surface area contributed by atoms with E-state index >= 15 is 0 Å². The van der Waals surface area contributed by atoms with Crippen LogP contribution >= 0.6 is 23.2 Å². The SMILES string of the molecule is CS(=O)(=O)N(CCCC(=O)NCC1CCCCC1)c1cccc(Cl)c1Cl. The van der Waals surface area contributed by atoms with Crippen molar-refractivity contribution in [1.82, 2.24) is 5.32 Å². The number of carbonyl (C=O) groups excluding carboxylic acids is 1. The highest BCUT2D eigenvalue weighted by Crippen LogP contribution is 2.33. The molecule has 0 spiro atoms. The van der Waals surface area contributed by atoms with Crippen LogP contribution in [0.25, 0.3) is 0 Å². The molecule has 0 aliphatic heterocycles. The number of anilines is 1. The van der Waals surface area contributed by atoms with Gasteiger partial charge in [0.15, 0.2) is 0 Å². The molecule has 26 heavy (non-hydrogen) atoms. The van der Waals surface area contributed by atoms with Crippen molar-refractivity contribution < 1.29 is 13.2 Å². The molecule has 1 aliphatic rings. The van der Waals surface area contributed by atoms with E-state index in [0.29, 0.717) is 23.0 Å². The summed E-state index contributed by atoms with van der Waals surface area (Å²) in [6.07, 6.45) is 7.92. The van der Waals surface area contributed by atoms with Crippen LogP contribution in [0.3, 0.4) is 0 Å². The third kappa shape index (κ3) is 6.32. The summed E-state index contributed by atoms with van der Waals surface area (Å²) in [5.74, 6) is 0.534. The standard InChI is InChI=1S/C18H26Cl2N2O3S/c1-26(24,25)22(16-10-5-9-15(19)18(16)20)12-6-11-17(23)21-13-14-7-3-2-4-8-14/h5,9-10,14H,2-4,6-8,11-13H2,1H3,(H,21,23). The monoisotopic (exact) mass is 420 g/mol. The average Bonchev–Trinajstić information content (AvgIpc) is 2.60. The molecule has 2 rings (SSSR count). The molecule has 1 aromatic carbocycles. The summed E-state index contributed by atoms with van der Waals surface area (Å²) in [4.78, 5) is 12.0. The van der Waals surface area contributed by atoms with Crippen LogP contribution in [0, 0.1) is 5.92 Å². The van der Waals surface area contributed by atoms with Crippen molar-refractivity contribution in [3.05, 3.63) is 28.2 Å². The van der Waals surface area contributed by atoms with Crippen LogP contribution in [0.5, 0.6) is 0 Å². The summed E-state index contributed by atoms with van der Waals surface area (Å²) in [6, 6.07) is 4.86. The molecular formula is C18H26Cl2N2O3S. The van der Waals surface area contributed by atoms with Gasteiger partial charge in [0.2, 0.25) is 15.9 Å². The molecule has 0 radical (unpaired) electrons. The van der Waals surface area contributed by atoms with Gasteiger partial charge < -0.3 is 5.32 Å². The van der Waals surface area contributed by atoms with Crippen molar-refractivity contribution in [2.75, 3.05) is 23.7 Å². The van der Waals surface area contributed by atoms with E-state index in [4.69, 9.17) is 23.2 Å². The first kappa shape index (κ1) is 21.3. The van der Waals surface area contributed by atoms with Crippen molar-refractivity contribution in [2.45, 2.75) is 44.9 Å². The first-order valence-corrected chi connectivity index (χ1v) is 11.6. The molecule has 146 valence electrons. The minimum absolute atomic E-state index is 0.0405. The van der Waals surface area contributed by atoms with E-state index in [1.54, 1.807) is 18.2 Å². The number of amides is 1. The fourth-order valence-electron chi connectivity index (χ4n) is 3.27. The lowest BCUT2D eigenvalue weighted by molar-refractivity contribution is -0.121. The van der Waals surface area contributed by atoms with Crippen molar-refractivity contribution in [2.24, 2.45) is 5.92 Å². The van der Waals surface area contributed by atoms with E-state index in [-0.39, 0.29) is 23.9 Å². The van der Waals surface area contributed by atoms with Crippen LogP contribution in [0.4, 0.5) is 5.69 Å². The Morgan fingerprint density at radius 2 is 1.92 bits per heavy atom. The Labute approximate surface area is 166 Å². The van der Waals surface area contributed by atoms with E-state index in [0.717, 1.165) is 12.8 Å². The van der Waals surface area contributed by atoms with Gasteiger partial charge in [-0.2, -0.15) is 0 Å². The molecule has 1 aliphatic carbocycles. The molecular weight excluding hydrogens is 395 g/mol. The van der Waals surface area contributed by atoms with Gasteiger partial charge in [-0.25, -0.2) is 8.42 Å². The number of carbonyl (C=O) groups is 1.